The Hall–Kier alpha value is -10.5. The standard InChI is InChI=1S/C101H95BN4S/c1-96(2,3)66-38-47-84-76(54-66)77-55-67(97(4,5)6)39-48-85(77)104(84)72-42-44-82-90(60-72)106(95-74(62-29-21-18-22-30-62)58-70(100(13,14)15)59-75(95)63-31-23-19-24-32-63)91-52-65(64-37-46-89-81(51-64)101(16,17)80-35-27-28-36-88(80)103(89)71-33-25-20-26-34-71)53-93-94(91)102(82)83-45-43-73(61-92(83)107-93)105-86-49-40-68(98(7,8)9)56-78(86)79-57-69(99(10,11)12)41-50-87(79)105/h18-61H,1-17H3/i58D,59D. The fraction of sp³-hybridized carbons (Fsp3) is 0.228. The van der Waals surface area contributed by atoms with Crippen molar-refractivity contribution in [2.45, 2.75) is 160 Å². The van der Waals surface area contributed by atoms with E-state index in [0.717, 1.165) is 89.7 Å². The highest BCUT2D eigenvalue weighted by molar-refractivity contribution is 8.00. The number of anilines is 6. The lowest BCUT2D eigenvalue weighted by molar-refractivity contribution is 0.590. The van der Waals surface area contributed by atoms with Gasteiger partial charge in [0.1, 0.15) is 0 Å². The van der Waals surface area contributed by atoms with Gasteiger partial charge in [-0.05, 0) is 227 Å². The minimum absolute atomic E-state index is 0.0431. The molecule has 528 valence electrons. The zero-order chi connectivity index (χ0) is 76.1. The Morgan fingerprint density at radius 3 is 1.24 bits per heavy atom. The minimum atomic E-state index is -0.576. The monoisotopic (exact) mass is 1410 g/mol. The van der Waals surface area contributed by atoms with Gasteiger partial charge in [0.2, 0.25) is 6.71 Å². The van der Waals surface area contributed by atoms with Crippen LogP contribution in [0.2, 0.25) is 0 Å². The van der Waals surface area contributed by atoms with E-state index in [-0.39, 0.29) is 33.8 Å². The SMILES string of the molecule is [2H]c1c(-c2ccccc2)c(N2c3cc(-n4c5ccc(C(C)(C)C)cc5c5cc(C(C)(C)C)ccc54)ccc3B3c4ccc(-n5c6ccc(C(C)(C)C)cc6c6cc(C(C)(C)C)ccc65)cc4Sc4cc(-c5ccc6c(c5)C(C)(C)c5ccccc5N6c5ccccc5)cc2c43)c(-c2ccccc2)c([2H])c1C(C)(C)C. The summed E-state index contributed by atoms with van der Waals surface area (Å²) in [6.45, 7) is 38.8. The molecule has 3 aliphatic rings. The summed E-state index contributed by atoms with van der Waals surface area (Å²) in [5.41, 5.74) is 29.5. The van der Waals surface area contributed by atoms with Crippen LogP contribution >= 0.6 is 11.8 Å². The number of hydrogen-bond acceptors (Lipinski definition) is 3. The maximum absolute atomic E-state index is 11.0. The molecule has 2 aromatic heterocycles. The molecule has 0 spiro atoms. The summed E-state index contributed by atoms with van der Waals surface area (Å²) in [5, 5.41) is 4.97. The first-order valence-electron chi connectivity index (χ1n) is 39.3. The van der Waals surface area contributed by atoms with Gasteiger partial charge < -0.3 is 18.9 Å². The number of fused-ring (bicyclic) bond motifs is 12. The van der Waals surface area contributed by atoms with Crippen LogP contribution in [0, 0.1) is 0 Å². The van der Waals surface area contributed by atoms with Crippen molar-refractivity contribution < 1.29 is 2.74 Å². The molecule has 6 heteroatoms. The van der Waals surface area contributed by atoms with Crippen molar-refractivity contribution in [2.75, 3.05) is 9.80 Å². The summed E-state index contributed by atoms with van der Waals surface area (Å²) < 4.78 is 27.0. The highest BCUT2D eigenvalue weighted by Crippen LogP contribution is 2.56. The lowest BCUT2D eigenvalue weighted by atomic mass is 9.34. The Kier molecular flexibility index (Phi) is 14.9. The van der Waals surface area contributed by atoms with Gasteiger partial charge in [-0.2, -0.15) is 0 Å². The normalized spacial score (nSPS) is 14.5. The summed E-state index contributed by atoms with van der Waals surface area (Å²) in [6.07, 6.45) is 0. The quantitative estimate of drug-likeness (QED) is 0.148. The van der Waals surface area contributed by atoms with E-state index < -0.39 is 5.41 Å². The summed E-state index contributed by atoms with van der Waals surface area (Å²) in [4.78, 5) is 7.36. The Morgan fingerprint density at radius 1 is 0.318 bits per heavy atom. The van der Waals surface area contributed by atoms with E-state index in [2.05, 4.69) is 391 Å². The van der Waals surface area contributed by atoms with Gasteiger partial charge in [-0.1, -0.05) is 274 Å². The van der Waals surface area contributed by atoms with E-state index in [9.17, 15) is 2.74 Å². The van der Waals surface area contributed by atoms with E-state index in [1.165, 1.54) is 92.4 Å². The van der Waals surface area contributed by atoms with Crippen LogP contribution in [0.3, 0.4) is 0 Å². The zero-order valence-corrected chi connectivity index (χ0v) is 65.8. The van der Waals surface area contributed by atoms with E-state index in [1.54, 1.807) is 0 Å². The van der Waals surface area contributed by atoms with Gasteiger partial charge in [-0.25, -0.2) is 0 Å². The molecule has 0 saturated carbocycles. The molecule has 3 aliphatic heterocycles. The molecule has 0 saturated heterocycles. The molecule has 0 unspecified atom stereocenters. The molecule has 0 fully saturated rings. The smallest absolute Gasteiger partial charge is 0.249 e. The molecule has 107 heavy (non-hydrogen) atoms. The summed E-state index contributed by atoms with van der Waals surface area (Å²) in [7, 11) is 0. The van der Waals surface area contributed by atoms with Crippen molar-refractivity contribution in [3.63, 3.8) is 0 Å². The molecule has 0 bridgehead atoms. The molecule has 0 atom stereocenters. The van der Waals surface area contributed by atoms with Gasteiger partial charge >= 0.3 is 0 Å². The second-order valence-electron chi connectivity index (χ2n) is 36.1. The first-order valence-corrected chi connectivity index (χ1v) is 39.2. The van der Waals surface area contributed by atoms with Gasteiger partial charge in [0.15, 0.2) is 0 Å². The van der Waals surface area contributed by atoms with Crippen molar-refractivity contribution in [1.29, 1.82) is 0 Å². The van der Waals surface area contributed by atoms with Crippen LogP contribution in [0.5, 0.6) is 0 Å². The van der Waals surface area contributed by atoms with E-state index >= 15 is 0 Å². The topological polar surface area (TPSA) is 16.3 Å². The number of benzene rings is 13. The van der Waals surface area contributed by atoms with E-state index in [1.807, 2.05) is 11.8 Å². The predicted octanol–water partition coefficient (Wildman–Crippen LogP) is 26.2. The number of nitrogens with zero attached hydrogens (tertiary/aromatic N) is 4. The van der Waals surface area contributed by atoms with E-state index in [4.69, 9.17) is 0 Å². The van der Waals surface area contributed by atoms with Crippen molar-refractivity contribution in [2.24, 2.45) is 0 Å². The third-order valence-corrected chi connectivity index (χ3v) is 24.5. The Morgan fingerprint density at radius 2 is 0.757 bits per heavy atom. The van der Waals surface area contributed by atoms with Crippen molar-refractivity contribution in [3.05, 3.63) is 306 Å². The van der Waals surface area contributed by atoms with Crippen LogP contribution in [-0.4, -0.2) is 15.8 Å². The lowest BCUT2D eigenvalue weighted by Gasteiger charge is -2.43. The zero-order valence-electron chi connectivity index (χ0n) is 67.0. The number of hydrogen-bond donors (Lipinski definition) is 0. The summed E-state index contributed by atoms with van der Waals surface area (Å²) in [6, 6.07) is 97.1. The van der Waals surface area contributed by atoms with Crippen LogP contribution in [0.15, 0.2) is 277 Å². The molecule has 0 N–H and O–H groups in total. The molecular weight excluding hydrogens is 1310 g/mol. The van der Waals surface area contributed by atoms with Crippen molar-refractivity contribution in [3.8, 4) is 44.8 Å². The average molecular weight is 1410 g/mol. The second-order valence-corrected chi connectivity index (χ2v) is 37.2. The number of rotatable bonds is 7. The molecule has 4 nitrogen and oxygen atoms in total. The maximum Gasteiger partial charge on any atom is 0.249 e. The fourth-order valence-corrected chi connectivity index (χ4v) is 18.6. The number of aromatic nitrogens is 2. The first-order chi connectivity index (χ1) is 51.8. The van der Waals surface area contributed by atoms with Crippen LogP contribution in [-0.2, 0) is 32.5 Å². The predicted molar refractivity (Wildman–Crippen MR) is 462 cm³/mol. The highest BCUT2D eigenvalue weighted by atomic mass is 32.2. The number of para-hydroxylation sites is 2. The van der Waals surface area contributed by atoms with Gasteiger partial charge in [0.25, 0.3) is 0 Å². The fourth-order valence-electron chi connectivity index (χ4n) is 17.4. The largest absolute Gasteiger partial charge is 0.310 e. The van der Waals surface area contributed by atoms with Gasteiger partial charge in [0.05, 0.1) is 41.9 Å². The Balaban J connectivity index is 0.970. The molecular formula is C101H95BN4S. The van der Waals surface area contributed by atoms with Crippen LogP contribution < -0.4 is 26.2 Å². The molecule has 18 rings (SSSR count). The molecule has 15 aromatic rings. The third kappa shape index (κ3) is 11.2. The lowest BCUT2D eigenvalue weighted by Crippen LogP contribution is -2.60. The molecule has 0 radical (unpaired) electrons. The van der Waals surface area contributed by atoms with Crippen molar-refractivity contribution >= 4 is 113 Å². The average Bonchev–Trinajstić information content (AvgIpc) is 1.10. The van der Waals surface area contributed by atoms with Crippen LogP contribution in [0.1, 0.15) is 159 Å². The second kappa shape index (κ2) is 24.2. The maximum atomic E-state index is 11.0. The van der Waals surface area contributed by atoms with Crippen LogP contribution in [0.25, 0.3) is 88.4 Å². The molecule has 0 amide bonds. The molecule has 5 heterocycles. The van der Waals surface area contributed by atoms with Gasteiger partial charge in [-0.3, -0.25) is 0 Å². The van der Waals surface area contributed by atoms with Crippen LogP contribution in [0.4, 0.5) is 34.1 Å². The summed E-state index contributed by atoms with van der Waals surface area (Å²) in [5.74, 6) is 0. The molecule has 13 aromatic carbocycles. The van der Waals surface area contributed by atoms with Gasteiger partial charge in [0, 0.05) is 76.3 Å². The first kappa shape index (κ1) is 66.0. The van der Waals surface area contributed by atoms with E-state index in [0.29, 0.717) is 17.6 Å². The summed E-state index contributed by atoms with van der Waals surface area (Å²) >= 11 is 1.88. The van der Waals surface area contributed by atoms with Gasteiger partial charge in [-0.15, -0.1) is 0 Å². The van der Waals surface area contributed by atoms with Crippen molar-refractivity contribution in [1.82, 2.24) is 9.13 Å². The minimum Gasteiger partial charge on any atom is -0.310 e. The molecule has 0 aliphatic carbocycles. The third-order valence-electron chi connectivity index (χ3n) is 23.4. The Bertz CT molecular complexity index is 6070. The Labute approximate surface area is 640 Å². The highest BCUT2D eigenvalue weighted by Gasteiger charge is 2.44.